The monoisotopic (exact) mass is 243 g/mol. The molecule has 0 aliphatic rings. The molecule has 1 N–H and O–H groups in total. The van der Waals surface area contributed by atoms with E-state index >= 15 is 0 Å². The van der Waals surface area contributed by atoms with Crippen LogP contribution < -0.4 is 5.32 Å². The summed E-state index contributed by atoms with van der Waals surface area (Å²) in [5.74, 6) is 1.68. The molecule has 0 amide bonds. The van der Waals surface area contributed by atoms with Crippen molar-refractivity contribution >= 4 is 11.8 Å². The molecule has 0 saturated heterocycles. The fourth-order valence-corrected chi connectivity index (χ4v) is 2.23. The molecular weight excluding hydrogens is 223 g/mol. The molecule has 0 fully saturated rings. The van der Waals surface area contributed by atoms with E-state index in [4.69, 9.17) is 0 Å². The normalized spacial score (nSPS) is 14.6. The van der Waals surface area contributed by atoms with Crippen molar-refractivity contribution in [1.82, 2.24) is 5.32 Å². The molecule has 15 heavy (non-hydrogen) atoms. The van der Waals surface area contributed by atoms with E-state index in [2.05, 4.69) is 19.2 Å². The lowest BCUT2D eigenvalue weighted by atomic mass is 10.2. The summed E-state index contributed by atoms with van der Waals surface area (Å²) in [7, 11) is 0. The summed E-state index contributed by atoms with van der Waals surface area (Å²) < 4.78 is 35.4. The van der Waals surface area contributed by atoms with E-state index in [0.717, 1.165) is 12.2 Å². The zero-order valence-corrected chi connectivity index (χ0v) is 10.3. The summed E-state index contributed by atoms with van der Waals surface area (Å²) in [5.41, 5.74) is 0. The van der Waals surface area contributed by atoms with Gasteiger partial charge in [-0.05, 0) is 18.1 Å². The zero-order chi connectivity index (χ0) is 11.9. The van der Waals surface area contributed by atoms with Gasteiger partial charge in [0.2, 0.25) is 0 Å². The average molecular weight is 243 g/mol. The Bertz CT molecular complexity index is 159. The molecule has 0 rings (SSSR count). The smallest absolute Gasteiger partial charge is 0.308 e. The van der Waals surface area contributed by atoms with Crippen molar-refractivity contribution < 1.29 is 13.2 Å². The third kappa shape index (κ3) is 12.0. The second kappa shape index (κ2) is 7.39. The minimum Gasteiger partial charge on any atom is -0.308 e. The van der Waals surface area contributed by atoms with Crippen molar-refractivity contribution in [3.05, 3.63) is 0 Å². The maximum atomic E-state index is 11.8. The molecule has 0 saturated carbocycles. The molecule has 1 nitrogen and oxygen atoms in total. The van der Waals surface area contributed by atoms with Crippen molar-refractivity contribution in [2.45, 2.75) is 38.6 Å². The minimum absolute atomic E-state index is 0.242. The molecule has 0 aromatic carbocycles. The summed E-state index contributed by atoms with van der Waals surface area (Å²) in [6.45, 7) is 5.78. The molecule has 0 aliphatic heterocycles. The van der Waals surface area contributed by atoms with Gasteiger partial charge in [-0.25, -0.2) is 0 Å². The quantitative estimate of drug-likeness (QED) is 0.736. The van der Waals surface area contributed by atoms with Crippen LogP contribution in [-0.2, 0) is 0 Å². The van der Waals surface area contributed by atoms with Crippen LogP contribution in [0.1, 0.15) is 27.2 Å². The first-order valence-corrected chi connectivity index (χ1v) is 6.25. The number of hydrogen-bond acceptors (Lipinski definition) is 2. The fourth-order valence-electron chi connectivity index (χ4n) is 0.981. The van der Waals surface area contributed by atoms with Crippen LogP contribution in [0.2, 0.25) is 0 Å². The largest absolute Gasteiger partial charge is 0.401 e. The van der Waals surface area contributed by atoms with Crippen molar-refractivity contribution in [3.63, 3.8) is 0 Å². The molecule has 0 aliphatic carbocycles. The van der Waals surface area contributed by atoms with Crippen LogP contribution in [-0.4, -0.2) is 30.3 Å². The van der Waals surface area contributed by atoms with Crippen LogP contribution in [0.25, 0.3) is 0 Å². The van der Waals surface area contributed by atoms with Crippen LogP contribution in [0, 0.1) is 5.92 Å². The maximum Gasteiger partial charge on any atom is 0.401 e. The second-order valence-electron chi connectivity index (χ2n) is 4.11. The summed E-state index contributed by atoms with van der Waals surface area (Å²) in [6, 6.07) is 0. The molecule has 0 spiro atoms. The van der Waals surface area contributed by atoms with Gasteiger partial charge in [-0.1, -0.05) is 20.8 Å². The molecule has 0 aromatic heterocycles. The lowest BCUT2D eigenvalue weighted by molar-refractivity contribution is -0.124. The predicted molar refractivity (Wildman–Crippen MR) is 60.3 cm³/mol. The molecule has 0 bridgehead atoms. The molecule has 0 heterocycles. The molecule has 0 radical (unpaired) electrons. The molecule has 0 aromatic rings. The Morgan fingerprint density at radius 1 is 1.20 bits per heavy atom. The van der Waals surface area contributed by atoms with Crippen molar-refractivity contribution in [1.29, 1.82) is 0 Å². The Morgan fingerprint density at radius 2 is 1.80 bits per heavy atom. The van der Waals surface area contributed by atoms with Gasteiger partial charge in [0.1, 0.15) is 0 Å². The maximum absolute atomic E-state index is 11.8. The predicted octanol–water partition coefficient (Wildman–Crippen LogP) is 3.31. The van der Waals surface area contributed by atoms with E-state index in [1.165, 1.54) is 0 Å². The average Bonchev–Trinajstić information content (AvgIpc) is 2.00. The first kappa shape index (κ1) is 15.1. The summed E-state index contributed by atoms with van der Waals surface area (Å²) >= 11 is 1.73. The van der Waals surface area contributed by atoms with Gasteiger partial charge in [-0.2, -0.15) is 24.9 Å². The number of nitrogens with one attached hydrogen (secondary N) is 1. The number of halogens is 3. The molecule has 1 unspecified atom stereocenters. The first-order chi connectivity index (χ1) is 6.81. The first-order valence-electron chi connectivity index (χ1n) is 5.20. The van der Waals surface area contributed by atoms with E-state index in [1.54, 1.807) is 11.8 Å². The van der Waals surface area contributed by atoms with Crippen molar-refractivity contribution in [2.75, 3.05) is 18.8 Å². The van der Waals surface area contributed by atoms with Gasteiger partial charge in [0.25, 0.3) is 0 Å². The number of rotatable bonds is 7. The standard InChI is InChI=1S/C10H20F3NS/c1-8(2)4-5-15-9(3)6-14-7-10(11,12)13/h8-9,14H,4-7H2,1-3H3. The molecule has 5 heteroatoms. The molecule has 92 valence electrons. The highest BCUT2D eigenvalue weighted by Crippen LogP contribution is 2.15. The van der Waals surface area contributed by atoms with E-state index < -0.39 is 12.7 Å². The Hall–Kier alpha value is 0.100. The van der Waals surface area contributed by atoms with E-state index in [9.17, 15) is 13.2 Å². The van der Waals surface area contributed by atoms with Gasteiger partial charge in [0.05, 0.1) is 6.54 Å². The minimum atomic E-state index is -4.09. The van der Waals surface area contributed by atoms with E-state index in [-0.39, 0.29) is 5.25 Å². The van der Waals surface area contributed by atoms with Crippen molar-refractivity contribution in [2.24, 2.45) is 5.92 Å². The number of alkyl halides is 3. The van der Waals surface area contributed by atoms with Gasteiger partial charge < -0.3 is 5.32 Å². The SMILES string of the molecule is CC(C)CCSC(C)CNCC(F)(F)F. The lowest BCUT2D eigenvalue weighted by Gasteiger charge is -2.14. The van der Waals surface area contributed by atoms with Gasteiger partial charge in [-0.15, -0.1) is 0 Å². The summed E-state index contributed by atoms with van der Waals surface area (Å²) in [5, 5.41) is 2.66. The Kier molecular flexibility index (Phi) is 7.44. The summed E-state index contributed by atoms with van der Waals surface area (Å²) in [6.07, 6.45) is -2.98. The Labute approximate surface area is 94.2 Å². The number of thioether (sulfide) groups is 1. The third-order valence-corrected chi connectivity index (χ3v) is 3.06. The zero-order valence-electron chi connectivity index (χ0n) is 9.53. The Morgan fingerprint density at radius 3 is 2.27 bits per heavy atom. The highest BCUT2D eigenvalue weighted by Gasteiger charge is 2.26. The van der Waals surface area contributed by atoms with Crippen LogP contribution in [0.4, 0.5) is 13.2 Å². The van der Waals surface area contributed by atoms with E-state index in [0.29, 0.717) is 12.5 Å². The van der Waals surface area contributed by atoms with Crippen LogP contribution in [0.3, 0.4) is 0 Å². The van der Waals surface area contributed by atoms with Gasteiger partial charge in [-0.3, -0.25) is 0 Å². The summed E-state index contributed by atoms with van der Waals surface area (Å²) in [4.78, 5) is 0. The van der Waals surface area contributed by atoms with Gasteiger partial charge >= 0.3 is 6.18 Å². The van der Waals surface area contributed by atoms with E-state index in [1.807, 2.05) is 6.92 Å². The number of hydrogen-bond donors (Lipinski definition) is 1. The van der Waals surface area contributed by atoms with Crippen molar-refractivity contribution in [3.8, 4) is 0 Å². The van der Waals surface area contributed by atoms with Gasteiger partial charge in [0, 0.05) is 11.8 Å². The van der Waals surface area contributed by atoms with Crippen LogP contribution in [0.5, 0.6) is 0 Å². The van der Waals surface area contributed by atoms with Gasteiger partial charge in [0.15, 0.2) is 0 Å². The van der Waals surface area contributed by atoms with Crippen LogP contribution in [0.15, 0.2) is 0 Å². The van der Waals surface area contributed by atoms with Crippen LogP contribution >= 0.6 is 11.8 Å². The highest BCUT2D eigenvalue weighted by molar-refractivity contribution is 7.99. The third-order valence-electron chi connectivity index (χ3n) is 1.85. The second-order valence-corrected chi connectivity index (χ2v) is 5.66. The molecular formula is C10H20F3NS. The Balaban J connectivity index is 3.37. The topological polar surface area (TPSA) is 12.0 Å². The fraction of sp³-hybridized carbons (Fsp3) is 1.00. The highest BCUT2D eigenvalue weighted by atomic mass is 32.2. The molecule has 1 atom stereocenters. The lowest BCUT2D eigenvalue weighted by Crippen LogP contribution is -2.32.